The summed E-state index contributed by atoms with van der Waals surface area (Å²) < 4.78 is 1.73. The van der Waals surface area contributed by atoms with E-state index in [1.807, 2.05) is 7.05 Å². The molecule has 2 aromatic rings. The molecule has 0 aliphatic rings. The van der Waals surface area contributed by atoms with Crippen LogP contribution in [0.2, 0.25) is 0 Å². The van der Waals surface area contributed by atoms with Crippen molar-refractivity contribution in [3.8, 4) is 0 Å². The van der Waals surface area contributed by atoms with Crippen molar-refractivity contribution in [3.63, 3.8) is 0 Å². The first kappa shape index (κ1) is 7.51. The fourth-order valence-corrected chi connectivity index (χ4v) is 1.05. The van der Waals surface area contributed by atoms with Gasteiger partial charge in [0, 0.05) is 12.0 Å². The van der Waals surface area contributed by atoms with Crippen LogP contribution >= 0.6 is 0 Å². The molecule has 0 aromatic carbocycles. The predicted molar refractivity (Wildman–Crippen MR) is 45.1 cm³/mol. The molecule has 7 nitrogen and oxygen atoms in total. The molecule has 0 aliphatic heterocycles. The van der Waals surface area contributed by atoms with Gasteiger partial charge in [0.2, 0.25) is 0 Å². The highest BCUT2D eigenvalue weighted by Gasteiger charge is 2.05. The van der Waals surface area contributed by atoms with Gasteiger partial charge in [0.15, 0.2) is 11.5 Å². The summed E-state index contributed by atoms with van der Waals surface area (Å²) >= 11 is 0. The van der Waals surface area contributed by atoms with Crippen LogP contribution in [0.1, 0.15) is 0 Å². The third-order valence-electron chi connectivity index (χ3n) is 1.62. The maximum Gasteiger partial charge on any atom is 0.163 e. The lowest BCUT2D eigenvalue weighted by atomic mass is 10.5. The van der Waals surface area contributed by atoms with E-state index in [0.717, 1.165) is 0 Å². The molecule has 0 atom stereocenters. The standard InChI is InChI=1S/C6H5N7/c1-13-3-10-4-5(11-12-7)8-2-9-6(4)13/h2-3H,1H3. The van der Waals surface area contributed by atoms with Gasteiger partial charge in [-0.2, -0.15) is 0 Å². The van der Waals surface area contributed by atoms with Gasteiger partial charge in [0.25, 0.3) is 0 Å². The van der Waals surface area contributed by atoms with Crippen molar-refractivity contribution in [1.29, 1.82) is 0 Å². The average Bonchev–Trinajstić information content (AvgIpc) is 2.50. The lowest BCUT2D eigenvalue weighted by Crippen LogP contribution is -1.87. The zero-order valence-electron chi connectivity index (χ0n) is 6.79. The Morgan fingerprint density at radius 2 is 2.31 bits per heavy atom. The molecule has 0 saturated carbocycles. The molecule has 2 rings (SSSR count). The van der Waals surface area contributed by atoms with Crippen LogP contribution < -0.4 is 0 Å². The van der Waals surface area contributed by atoms with Crippen molar-refractivity contribution < 1.29 is 0 Å². The molecular weight excluding hydrogens is 170 g/mol. The van der Waals surface area contributed by atoms with Gasteiger partial charge in [-0.15, -0.1) is 0 Å². The number of hydrogen-bond donors (Lipinski definition) is 0. The fraction of sp³-hybridized carbons (Fsp3) is 0.167. The molecule has 0 saturated heterocycles. The first-order chi connectivity index (χ1) is 6.33. The van der Waals surface area contributed by atoms with Crippen molar-refractivity contribution >= 4 is 17.0 Å². The molecule has 0 amide bonds. The van der Waals surface area contributed by atoms with Crippen LogP contribution in [-0.2, 0) is 7.05 Å². The van der Waals surface area contributed by atoms with Crippen molar-refractivity contribution in [2.75, 3.05) is 0 Å². The Kier molecular flexibility index (Phi) is 1.57. The minimum Gasteiger partial charge on any atom is -0.318 e. The van der Waals surface area contributed by atoms with E-state index < -0.39 is 0 Å². The van der Waals surface area contributed by atoms with E-state index >= 15 is 0 Å². The Morgan fingerprint density at radius 3 is 3.08 bits per heavy atom. The second-order valence-corrected chi connectivity index (χ2v) is 2.41. The van der Waals surface area contributed by atoms with Crippen molar-refractivity contribution in [1.82, 2.24) is 19.5 Å². The molecule has 0 radical (unpaired) electrons. The number of imidazole rings is 1. The van der Waals surface area contributed by atoms with E-state index in [1.165, 1.54) is 6.33 Å². The van der Waals surface area contributed by atoms with Gasteiger partial charge < -0.3 is 4.57 Å². The number of fused-ring (bicyclic) bond motifs is 1. The molecule has 0 N–H and O–H groups in total. The van der Waals surface area contributed by atoms with Gasteiger partial charge >= 0.3 is 0 Å². The fourth-order valence-electron chi connectivity index (χ4n) is 1.05. The highest BCUT2D eigenvalue weighted by atomic mass is 15.2. The lowest BCUT2D eigenvalue weighted by Gasteiger charge is -1.92. The third-order valence-corrected chi connectivity index (χ3v) is 1.62. The normalized spacial score (nSPS) is 9.92. The van der Waals surface area contributed by atoms with Crippen LogP contribution in [0.25, 0.3) is 21.6 Å². The number of aryl methyl sites for hydroxylation is 1. The highest BCUT2D eigenvalue weighted by Crippen LogP contribution is 2.18. The summed E-state index contributed by atoms with van der Waals surface area (Å²) in [6, 6.07) is 0. The minimum absolute atomic E-state index is 0.258. The smallest absolute Gasteiger partial charge is 0.163 e. The number of azide groups is 1. The molecule has 0 aliphatic carbocycles. The summed E-state index contributed by atoms with van der Waals surface area (Å²) in [5, 5.41) is 3.40. The van der Waals surface area contributed by atoms with Gasteiger partial charge in [0.1, 0.15) is 11.8 Å². The molecule has 64 valence electrons. The minimum atomic E-state index is 0.258. The van der Waals surface area contributed by atoms with Crippen molar-refractivity contribution in [3.05, 3.63) is 23.1 Å². The number of hydrogen-bond acceptors (Lipinski definition) is 4. The molecular formula is C6H5N7. The second kappa shape index (κ2) is 2.72. The topological polar surface area (TPSA) is 92.4 Å². The largest absolute Gasteiger partial charge is 0.318 e. The zero-order chi connectivity index (χ0) is 9.26. The van der Waals surface area contributed by atoms with E-state index in [-0.39, 0.29) is 5.82 Å². The van der Waals surface area contributed by atoms with Gasteiger partial charge in [-0.1, -0.05) is 0 Å². The van der Waals surface area contributed by atoms with Crippen molar-refractivity contribution in [2.24, 2.45) is 12.2 Å². The molecule has 0 bridgehead atoms. The number of nitrogens with zero attached hydrogens (tertiary/aromatic N) is 7. The zero-order valence-corrected chi connectivity index (χ0v) is 6.79. The van der Waals surface area contributed by atoms with E-state index in [2.05, 4.69) is 25.0 Å². The summed E-state index contributed by atoms with van der Waals surface area (Å²) in [5.41, 5.74) is 9.42. The first-order valence-electron chi connectivity index (χ1n) is 3.50. The summed E-state index contributed by atoms with van der Waals surface area (Å²) in [5.74, 6) is 0.258. The SMILES string of the molecule is Cn1cnc2c(N=[N+]=[N-])ncnc21. The Labute approximate surface area is 72.7 Å². The van der Waals surface area contributed by atoms with Crippen LogP contribution in [-0.4, -0.2) is 19.5 Å². The van der Waals surface area contributed by atoms with Gasteiger partial charge in [-0.25, -0.2) is 15.0 Å². The Morgan fingerprint density at radius 1 is 1.46 bits per heavy atom. The molecule has 2 heterocycles. The Bertz CT molecular complexity index is 493. The summed E-state index contributed by atoms with van der Waals surface area (Å²) in [7, 11) is 1.81. The summed E-state index contributed by atoms with van der Waals surface area (Å²) in [6.45, 7) is 0. The van der Waals surface area contributed by atoms with Gasteiger partial charge in [-0.05, 0) is 10.6 Å². The molecule has 13 heavy (non-hydrogen) atoms. The number of aromatic nitrogens is 4. The highest BCUT2D eigenvalue weighted by molar-refractivity contribution is 5.80. The van der Waals surface area contributed by atoms with Crippen LogP contribution in [0.4, 0.5) is 5.82 Å². The summed E-state index contributed by atoms with van der Waals surface area (Å²) in [4.78, 5) is 14.5. The van der Waals surface area contributed by atoms with Gasteiger partial charge in [0.05, 0.1) is 6.33 Å². The van der Waals surface area contributed by atoms with Crippen LogP contribution in [0.15, 0.2) is 17.8 Å². The van der Waals surface area contributed by atoms with Gasteiger partial charge in [-0.3, -0.25) is 0 Å². The van der Waals surface area contributed by atoms with Crippen LogP contribution in [0, 0.1) is 0 Å². The lowest BCUT2D eigenvalue weighted by molar-refractivity contribution is 0.928. The molecule has 0 unspecified atom stereocenters. The third kappa shape index (κ3) is 1.07. The maximum atomic E-state index is 8.25. The summed E-state index contributed by atoms with van der Waals surface area (Å²) in [6.07, 6.45) is 2.93. The maximum absolute atomic E-state index is 8.25. The molecule has 0 spiro atoms. The Balaban J connectivity index is 2.84. The van der Waals surface area contributed by atoms with Crippen LogP contribution in [0.3, 0.4) is 0 Å². The molecule has 7 heteroatoms. The molecule has 2 aromatic heterocycles. The monoisotopic (exact) mass is 175 g/mol. The quantitative estimate of drug-likeness (QED) is 0.371. The van der Waals surface area contributed by atoms with E-state index in [1.54, 1.807) is 10.9 Å². The van der Waals surface area contributed by atoms with E-state index in [9.17, 15) is 0 Å². The predicted octanol–water partition coefficient (Wildman–Crippen LogP) is 1.31. The second-order valence-electron chi connectivity index (χ2n) is 2.41. The average molecular weight is 175 g/mol. The van der Waals surface area contributed by atoms with E-state index in [0.29, 0.717) is 11.2 Å². The van der Waals surface area contributed by atoms with Crippen LogP contribution in [0.5, 0.6) is 0 Å². The first-order valence-corrected chi connectivity index (χ1v) is 3.50. The van der Waals surface area contributed by atoms with E-state index in [4.69, 9.17) is 5.53 Å². The number of rotatable bonds is 1. The molecule has 0 fully saturated rings. The van der Waals surface area contributed by atoms with Crippen molar-refractivity contribution in [2.45, 2.75) is 0 Å². The Hall–Kier alpha value is -2.14.